The molecule has 0 spiro atoms. The second-order valence-corrected chi connectivity index (χ2v) is 4.74. The van der Waals surface area contributed by atoms with Crippen molar-refractivity contribution >= 4 is 11.8 Å². The third-order valence-electron chi connectivity index (χ3n) is 1.77. The van der Waals surface area contributed by atoms with Crippen LogP contribution >= 0.6 is 11.8 Å². The van der Waals surface area contributed by atoms with Gasteiger partial charge in [0.2, 0.25) is 0 Å². The Morgan fingerprint density at radius 1 is 1.60 bits per heavy atom. The zero-order chi connectivity index (χ0) is 11.3. The highest BCUT2D eigenvalue weighted by Crippen LogP contribution is 2.08. The number of hydrogen-bond donors (Lipinski definition) is 1. The van der Waals surface area contributed by atoms with Crippen molar-refractivity contribution in [3.05, 3.63) is 22.7 Å². The first kappa shape index (κ1) is 12.3. The molecule has 0 saturated carbocycles. The van der Waals surface area contributed by atoms with E-state index in [-0.39, 0.29) is 12.2 Å². The fraction of sp³-hybridized carbons (Fsp3) is 0.600. The SMILES string of the molecule is CC(C)Cn1ccnc(SCCO)c1=O. The van der Waals surface area contributed by atoms with E-state index in [9.17, 15) is 4.79 Å². The first-order valence-electron chi connectivity index (χ1n) is 4.94. The van der Waals surface area contributed by atoms with E-state index in [1.165, 1.54) is 11.8 Å². The maximum atomic E-state index is 11.8. The van der Waals surface area contributed by atoms with Crippen molar-refractivity contribution in [2.24, 2.45) is 5.92 Å². The van der Waals surface area contributed by atoms with Crippen LogP contribution in [0, 0.1) is 5.92 Å². The summed E-state index contributed by atoms with van der Waals surface area (Å²) >= 11 is 1.29. The van der Waals surface area contributed by atoms with Gasteiger partial charge in [-0.25, -0.2) is 4.98 Å². The summed E-state index contributed by atoms with van der Waals surface area (Å²) in [4.78, 5) is 15.8. The summed E-state index contributed by atoms with van der Waals surface area (Å²) in [6, 6.07) is 0. The molecule has 0 bridgehead atoms. The smallest absolute Gasteiger partial charge is 0.283 e. The molecule has 1 N–H and O–H groups in total. The maximum Gasteiger partial charge on any atom is 0.283 e. The van der Waals surface area contributed by atoms with Crippen molar-refractivity contribution in [3.8, 4) is 0 Å². The van der Waals surface area contributed by atoms with E-state index in [1.807, 2.05) is 0 Å². The molecule has 0 aliphatic carbocycles. The molecule has 84 valence electrons. The molecular formula is C10H16N2O2S. The van der Waals surface area contributed by atoms with E-state index in [2.05, 4.69) is 18.8 Å². The van der Waals surface area contributed by atoms with Crippen LogP contribution in [0.4, 0.5) is 0 Å². The first-order valence-corrected chi connectivity index (χ1v) is 5.92. The van der Waals surface area contributed by atoms with E-state index in [4.69, 9.17) is 5.11 Å². The molecular weight excluding hydrogens is 212 g/mol. The minimum Gasteiger partial charge on any atom is -0.396 e. The number of rotatable bonds is 5. The van der Waals surface area contributed by atoms with Gasteiger partial charge in [0.05, 0.1) is 6.61 Å². The van der Waals surface area contributed by atoms with Gasteiger partial charge in [-0.2, -0.15) is 0 Å². The normalized spacial score (nSPS) is 10.9. The van der Waals surface area contributed by atoms with Gasteiger partial charge in [-0.15, -0.1) is 0 Å². The van der Waals surface area contributed by atoms with E-state index in [0.717, 1.165) is 0 Å². The topological polar surface area (TPSA) is 55.1 Å². The number of aliphatic hydroxyl groups is 1. The van der Waals surface area contributed by atoms with Gasteiger partial charge < -0.3 is 9.67 Å². The molecule has 0 atom stereocenters. The molecule has 0 fully saturated rings. The monoisotopic (exact) mass is 228 g/mol. The second-order valence-electron chi connectivity index (χ2n) is 3.66. The number of nitrogens with zero attached hydrogens (tertiary/aromatic N) is 2. The van der Waals surface area contributed by atoms with Crippen LogP contribution in [0.3, 0.4) is 0 Å². The summed E-state index contributed by atoms with van der Waals surface area (Å²) in [5.74, 6) is 0.939. The van der Waals surface area contributed by atoms with Gasteiger partial charge in [0.1, 0.15) is 0 Å². The largest absolute Gasteiger partial charge is 0.396 e. The van der Waals surface area contributed by atoms with Gasteiger partial charge in [-0.3, -0.25) is 4.79 Å². The van der Waals surface area contributed by atoms with Gasteiger partial charge in [0.15, 0.2) is 5.03 Å². The zero-order valence-corrected chi connectivity index (χ0v) is 9.83. The minimum absolute atomic E-state index is 0.0604. The lowest BCUT2D eigenvalue weighted by molar-refractivity contribution is 0.322. The van der Waals surface area contributed by atoms with Crippen molar-refractivity contribution in [2.75, 3.05) is 12.4 Å². The Morgan fingerprint density at radius 3 is 2.93 bits per heavy atom. The van der Waals surface area contributed by atoms with Gasteiger partial charge >= 0.3 is 0 Å². The van der Waals surface area contributed by atoms with Crippen LogP contribution in [0.5, 0.6) is 0 Å². The van der Waals surface area contributed by atoms with Crippen LogP contribution in [-0.4, -0.2) is 27.0 Å². The third kappa shape index (κ3) is 3.68. The highest BCUT2D eigenvalue weighted by molar-refractivity contribution is 7.99. The highest BCUT2D eigenvalue weighted by Gasteiger charge is 2.05. The maximum absolute atomic E-state index is 11.8. The van der Waals surface area contributed by atoms with Crippen LogP contribution in [0.2, 0.25) is 0 Å². The summed E-state index contributed by atoms with van der Waals surface area (Å²) in [6.07, 6.45) is 3.33. The molecule has 1 heterocycles. The lowest BCUT2D eigenvalue weighted by Crippen LogP contribution is -2.24. The number of aliphatic hydroxyl groups excluding tert-OH is 1. The molecule has 0 aliphatic rings. The van der Waals surface area contributed by atoms with Crippen molar-refractivity contribution in [1.82, 2.24) is 9.55 Å². The summed E-state index contributed by atoms with van der Waals surface area (Å²) in [7, 11) is 0. The molecule has 0 saturated heterocycles. The molecule has 1 rings (SSSR count). The zero-order valence-electron chi connectivity index (χ0n) is 9.01. The second kappa shape index (κ2) is 5.92. The average Bonchev–Trinajstić information content (AvgIpc) is 2.19. The molecule has 0 radical (unpaired) electrons. The Morgan fingerprint density at radius 2 is 2.33 bits per heavy atom. The lowest BCUT2D eigenvalue weighted by Gasteiger charge is -2.08. The molecule has 0 aliphatic heterocycles. The Balaban J connectivity index is 2.85. The number of aromatic nitrogens is 2. The highest BCUT2D eigenvalue weighted by atomic mass is 32.2. The molecule has 1 aromatic heterocycles. The molecule has 4 nitrogen and oxygen atoms in total. The van der Waals surface area contributed by atoms with Crippen LogP contribution in [0.1, 0.15) is 13.8 Å². The van der Waals surface area contributed by atoms with Crippen molar-refractivity contribution in [3.63, 3.8) is 0 Å². The summed E-state index contributed by atoms with van der Waals surface area (Å²) in [5, 5.41) is 9.14. The van der Waals surface area contributed by atoms with Gasteiger partial charge in [0, 0.05) is 24.7 Å². The Kier molecular flexibility index (Phi) is 4.84. The Bertz CT molecular complexity index is 363. The van der Waals surface area contributed by atoms with Crippen LogP contribution in [0.15, 0.2) is 22.2 Å². The quantitative estimate of drug-likeness (QED) is 0.763. The Labute approximate surface area is 93.3 Å². The van der Waals surface area contributed by atoms with E-state index < -0.39 is 0 Å². The lowest BCUT2D eigenvalue weighted by atomic mass is 10.2. The predicted octanol–water partition coefficient (Wildman–Crippen LogP) is 0.984. The van der Waals surface area contributed by atoms with Crippen molar-refractivity contribution in [1.29, 1.82) is 0 Å². The molecule has 0 aromatic carbocycles. The van der Waals surface area contributed by atoms with E-state index in [1.54, 1.807) is 17.0 Å². The van der Waals surface area contributed by atoms with E-state index >= 15 is 0 Å². The molecule has 5 heteroatoms. The minimum atomic E-state index is -0.0651. The number of thioether (sulfide) groups is 1. The first-order chi connectivity index (χ1) is 7.15. The average molecular weight is 228 g/mol. The third-order valence-corrected chi connectivity index (χ3v) is 2.71. The molecule has 0 amide bonds. The molecule has 0 unspecified atom stereocenters. The number of hydrogen-bond acceptors (Lipinski definition) is 4. The van der Waals surface area contributed by atoms with Gasteiger partial charge in [-0.1, -0.05) is 25.6 Å². The predicted molar refractivity (Wildman–Crippen MR) is 61.1 cm³/mol. The molecule has 1 aromatic rings. The standard InChI is InChI=1S/C10H16N2O2S/c1-8(2)7-12-4-3-11-9(10(12)14)15-6-5-13/h3-4,8,13H,5-7H2,1-2H3. The summed E-state index contributed by atoms with van der Waals surface area (Å²) in [5.41, 5.74) is -0.0651. The summed E-state index contributed by atoms with van der Waals surface area (Å²) < 4.78 is 1.66. The van der Waals surface area contributed by atoms with Crippen LogP contribution in [0.25, 0.3) is 0 Å². The van der Waals surface area contributed by atoms with Crippen LogP contribution in [-0.2, 0) is 6.54 Å². The van der Waals surface area contributed by atoms with Gasteiger partial charge in [0.25, 0.3) is 5.56 Å². The summed E-state index contributed by atoms with van der Waals surface area (Å²) in [6.45, 7) is 4.89. The van der Waals surface area contributed by atoms with E-state index in [0.29, 0.717) is 23.2 Å². The van der Waals surface area contributed by atoms with Crippen molar-refractivity contribution in [2.45, 2.75) is 25.4 Å². The van der Waals surface area contributed by atoms with Gasteiger partial charge in [-0.05, 0) is 5.92 Å². The molecule has 15 heavy (non-hydrogen) atoms. The fourth-order valence-corrected chi connectivity index (χ4v) is 1.87. The van der Waals surface area contributed by atoms with Crippen molar-refractivity contribution < 1.29 is 5.11 Å². The Hall–Kier alpha value is -0.810. The van der Waals surface area contributed by atoms with Crippen LogP contribution < -0.4 is 5.56 Å². The fourth-order valence-electron chi connectivity index (χ4n) is 1.21.